The van der Waals surface area contributed by atoms with Crippen molar-refractivity contribution >= 4 is 0 Å². The van der Waals surface area contributed by atoms with Gasteiger partial charge in [0, 0.05) is 0 Å². The molecular formula is C7H12O. The summed E-state index contributed by atoms with van der Waals surface area (Å²) in [7, 11) is 0. The number of hydrogen-bond donors (Lipinski definition) is 1. The smallest absolute Gasteiger partial charge is 0.0726 e. The van der Waals surface area contributed by atoms with Gasteiger partial charge in [-0.15, -0.1) is 0 Å². The molecule has 0 saturated carbocycles. The standard InChI is InChI=1S/C7H12O/c1-2-6-3-4-7(8)5-6/h5,7-8H,2-4H2,1H3. The Morgan fingerprint density at radius 2 is 2.62 bits per heavy atom. The van der Waals surface area contributed by atoms with Gasteiger partial charge in [-0.05, 0) is 19.3 Å². The van der Waals surface area contributed by atoms with Crippen LogP contribution < -0.4 is 0 Å². The second-order valence-corrected chi connectivity index (χ2v) is 2.28. The van der Waals surface area contributed by atoms with E-state index in [1.165, 1.54) is 5.57 Å². The van der Waals surface area contributed by atoms with Crippen molar-refractivity contribution in [3.05, 3.63) is 11.6 Å². The predicted molar refractivity (Wildman–Crippen MR) is 33.6 cm³/mol. The van der Waals surface area contributed by atoms with E-state index in [1.807, 2.05) is 6.08 Å². The van der Waals surface area contributed by atoms with Crippen molar-refractivity contribution in [3.8, 4) is 0 Å². The molecular weight excluding hydrogens is 100 g/mol. The topological polar surface area (TPSA) is 20.2 Å². The first kappa shape index (κ1) is 5.83. The van der Waals surface area contributed by atoms with Crippen molar-refractivity contribution < 1.29 is 5.11 Å². The van der Waals surface area contributed by atoms with Crippen molar-refractivity contribution in [2.24, 2.45) is 0 Å². The van der Waals surface area contributed by atoms with E-state index in [9.17, 15) is 0 Å². The molecule has 0 aliphatic heterocycles. The number of rotatable bonds is 1. The molecule has 0 aromatic rings. The highest BCUT2D eigenvalue weighted by Gasteiger charge is 2.09. The van der Waals surface area contributed by atoms with Crippen LogP contribution in [0.2, 0.25) is 0 Å². The third-order valence-electron chi connectivity index (χ3n) is 1.64. The summed E-state index contributed by atoms with van der Waals surface area (Å²) in [4.78, 5) is 0. The van der Waals surface area contributed by atoms with Crippen LogP contribution >= 0.6 is 0 Å². The summed E-state index contributed by atoms with van der Waals surface area (Å²) in [5.41, 5.74) is 1.41. The molecule has 1 nitrogen and oxygen atoms in total. The first-order valence-electron chi connectivity index (χ1n) is 3.20. The van der Waals surface area contributed by atoms with Gasteiger partial charge in [-0.25, -0.2) is 0 Å². The first-order valence-corrected chi connectivity index (χ1v) is 3.20. The quantitative estimate of drug-likeness (QED) is 0.509. The van der Waals surface area contributed by atoms with E-state index < -0.39 is 0 Å². The third kappa shape index (κ3) is 1.10. The first-order chi connectivity index (χ1) is 3.83. The summed E-state index contributed by atoms with van der Waals surface area (Å²) in [6, 6.07) is 0. The van der Waals surface area contributed by atoms with Gasteiger partial charge in [-0.3, -0.25) is 0 Å². The molecule has 0 saturated heterocycles. The number of aliphatic hydroxyl groups is 1. The Hall–Kier alpha value is -0.300. The lowest BCUT2D eigenvalue weighted by atomic mass is 10.2. The van der Waals surface area contributed by atoms with Gasteiger partial charge in [0.05, 0.1) is 6.10 Å². The molecule has 1 aliphatic carbocycles. The van der Waals surface area contributed by atoms with Crippen LogP contribution in [0.1, 0.15) is 26.2 Å². The molecule has 46 valence electrons. The van der Waals surface area contributed by atoms with Gasteiger partial charge >= 0.3 is 0 Å². The van der Waals surface area contributed by atoms with E-state index in [1.54, 1.807) is 0 Å². The highest BCUT2D eigenvalue weighted by Crippen LogP contribution is 2.20. The highest BCUT2D eigenvalue weighted by atomic mass is 16.3. The maximum absolute atomic E-state index is 8.95. The number of hydrogen-bond acceptors (Lipinski definition) is 1. The second kappa shape index (κ2) is 2.31. The Morgan fingerprint density at radius 3 is 2.88 bits per heavy atom. The Labute approximate surface area is 50.0 Å². The minimum absolute atomic E-state index is 0.134. The maximum atomic E-state index is 8.95. The van der Waals surface area contributed by atoms with Crippen molar-refractivity contribution in [1.29, 1.82) is 0 Å². The van der Waals surface area contributed by atoms with Gasteiger partial charge < -0.3 is 5.11 Å². The normalized spacial score (nSPS) is 28.2. The monoisotopic (exact) mass is 112 g/mol. The van der Waals surface area contributed by atoms with Crippen LogP contribution in [0.25, 0.3) is 0 Å². The average molecular weight is 112 g/mol. The van der Waals surface area contributed by atoms with Crippen LogP contribution in [-0.4, -0.2) is 11.2 Å². The molecule has 0 bridgehead atoms. The summed E-state index contributed by atoms with van der Waals surface area (Å²) in [6.07, 6.45) is 5.00. The third-order valence-corrected chi connectivity index (χ3v) is 1.64. The lowest BCUT2D eigenvalue weighted by Gasteiger charge is -1.89. The molecule has 8 heavy (non-hydrogen) atoms. The van der Waals surface area contributed by atoms with Gasteiger partial charge in [0.15, 0.2) is 0 Å². The minimum Gasteiger partial charge on any atom is -0.389 e. The highest BCUT2D eigenvalue weighted by molar-refractivity contribution is 5.10. The molecule has 0 heterocycles. The predicted octanol–water partition coefficient (Wildman–Crippen LogP) is 1.48. The zero-order chi connectivity index (χ0) is 5.98. The Kier molecular flexibility index (Phi) is 1.69. The van der Waals surface area contributed by atoms with Crippen LogP contribution in [0.15, 0.2) is 11.6 Å². The summed E-state index contributed by atoms with van der Waals surface area (Å²) in [5.74, 6) is 0. The van der Waals surface area contributed by atoms with Crippen molar-refractivity contribution in [2.45, 2.75) is 32.3 Å². The number of allylic oxidation sites excluding steroid dienone is 1. The Balaban J connectivity index is 2.44. The minimum atomic E-state index is -0.134. The lowest BCUT2D eigenvalue weighted by Crippen LogP contribution is -1.93. The summed E-state index contributed by atoms with van der Waals surface area (Å²) < 4.78 is 0. The van der Waals surface area contributed by atoms with Crippen LogP contribution in [0.4, 0.5) is 0 Å². The zero-order valence-corrected chi connectivity index (χ0v) is 5.22. The van der Waals surface area contributed by atoms with Crippen molar-refractivity contribution in [3.63, 3.8) is 0 Å². The van der Waals surface area contributed by atoms with E-state index in [-0.39, 0.29) is 6.10 Å². The van der Waals surface area contributed by atoms with E-state index >= 15 is 0 Å². The molecule has 0 aromatic carbocycles. The fourth-order valence-corrected chi connectivity index (χ4v) is 1.07. The van der Waals surface area contributed by atoms with E-state index in [0.29, 0.717) is 0 Å². The molecule has 0 radical (unpaired) electrons. The van der Waals surface area contributed by atoms with Gasteiger partial charge in [0.2, 0.25) is 0 Å². The molecule has 1 aliphatic rings. The second-order valence-electron chi connectivity index (χ2n) is 2.28. The van der Waals surface area contributed by atoms with Crippen LogP contribution in [-0.2, 0) is 0 Å². The maximum Gasteiger partial charge on any atom is 0.0726 e. The molecule has 0 amide bonds. The fraction of sp³-hybridized carbons (Fsp3) is 0.714. The lowest BCUT2D eigenvalue weighted by molar-refractivity contribution is 0.223. The van der Waals surface area contributed by atoms with Crippen LogP contribution in [0.5, 0.6) is 0 Å². The molecule has 1 rings (SSSR count). The summed E-state index contributed by atoms with van der Waals surface area (Å²) in [5, 5.41) is 8.95. The molecule has 1 heteroatoms. The molecule has 0 fully saturated rings. The van der Waals surface area contributed by atoms with Gasteiger partial charge in [0.1, 0.15) is 0 Å². The van der Waals surface area contributed by atoms with Crippen LogP contribution in [0.3, 0.4) is 0 Å². The van der Waals surface area contributed by atoms with Gasteiger partial charge in [0.25, 0.3) is 0 Å². The van der Waals surface area contributed by atoms with Crippen molar-refractivity contribution in [2.75, 3.05) is 0 Å². The summed E-state index contributed by atoms with van der Waals surface area (Å²) in [6.45, 7) is 2.13. The molecule has 0 spiro atoms. The SMILES string of the molecule is CCC1=CC(O)CC1. The molecule has 1 atom stereocenters. The molecule has 1 unspecified atom stereocenters. The van der Waals surface area contributed by atoms with Gasteiger partial charge in [-0.2, -0.15) is 0 Å². The zero-order valence-electron chi connectivity index (χ0n) is 5.22. The summed E-state index contributed by atoms with van der Waals surface area (Å²) >= 11 is 0. The van der Waals surface area contributed by atoms with Crippen molar-refractivity contribution in [1.82, 2.24) is 0 Å². The van der Waals surface area contributed by atoms with E-state index in [0.717, 1.165) is 19.3 Å². The van der Waals surface area contributed by atoms with Gasteiger partial charge in [-0.1, -0.05) is 18.6 Å². The Bertz CT molecular complexity index is 105. The number of aliphatic hydroxyl groups excluding tert-OH is 1. The molecule has 0 aromatic heterocycles. The van der Waals surface area contributed by atoms with Crippen LogP contribution in [0, 0.1) is 0 Å². The fourth-order valence-electron chi connectivity index (χ4n) is 1.07. The average Bonchev–Trinajstić information content (AvgIpc) is 2.14. The molecule has 1 N–H and O–H groups in total. The largest absolute Gasteiger partial charge is 0.389 e. The van der Waals surface area contributed by atoms with E-state index in [2.05, 4.69) is 6.92 Å². The van der Waals surface area contributed by atoms with E-state index in [4.69, 9.17) is 5.11 Å². The Morgan fingerprint density at radius 1 is 1.88 bits per heavy atom.